The maximum atomic E-state index is 10.6. The Morgan fingerprint density at radius 3 is 2.59 bits per heavy atom. The van der Waals surface area contributed by atoms with E-state index in [2.05, 4.69) is 4.90 Å². The van der Waals surface area contributed by atoms with Crippen LogP contribution < -0.4 is 0 Å². The molecule has 0 spiro atoms. The minimum atomic E-state index is -0.342. The van der Waals surface area contributed by atoms with Crippen molar-refractivity contribution in [3.63, 3.8) is 0 Å². The van der Waals surface area contributed by atoms with E-state index < -0.39 is 0 Å². The van der Waals surface area contributed by atoms with Gasteiger partial charge in [0.05, 0.1) is 18.8 Å². The maximum Gasteiger partial charge on any atom is 0.168 e. The molecule has 5 nitrogen and oxygen atoms in total. The molecule has 0 saturated carbocycles. The number of aldehydes is 1. The number of ether oxygens (including phenoxy) is 1. The fourth-order valence-corrected chi connectivity index (χ4v) is 1.86. The minimum absolute atomic E-state index is 0.105. The van der Waals surface area contributed by atoms with Crippen LogP contribution >= 0.6 is 0 Å². The third kappa shape index (κ3) is 2.57. The van der Waals surface area contributed by atoms with Crippen molar-refractivity contribution < 1.29 is 19.7 Å². The quantitative estimate of drug-likeness (QED) is 0.599. The van der Waals surface area contributed by atoms with Crippen molar-refractivity contribution in [2.75, 3.05) is 26.3 Å². The summed E-state index contributed by atoms with van der Waals surface area (Å²) in [5.74, 6) is -0.549. The van der Waals surface area contributed by atoms with Gasteiger partial charge < -0.3 is 14.9 Å². The molecule has 92 valence electrons. The number of phenols is 2. The summed E-state index contributed by atoms with van der Waals surface area (Å²) in [6.45, 7) is 3.51. The molecule has 1 aromatic carbocycles. The number of hydrogen-bond donors (Lipinski definition) is 2. The van der Waals surface area contributed by atoms with Crippen molar-refractivity contribution in [2.24, 2.45) is 0 Å². The smallest absolute Gasteiger partial charge is 0.168 e. The highest BCUT2D eigenvalue weighted by Gasteiger charge is 2.16. The molecular weight excluding hydrogens is 222 g/mol. The molecule has 0 atom stereocenters. The average molecular weight is 237 g/mol. The Kier molecular flexibility index (Phi) is 3.61. The topological polar surface area (TPSA) is 70.0 Å². The second-order valence-electron chi connectivity index (χ2n) is 4.02. The second-order valence-corrected chi connectivity index (χ2v) is 4.02. The summed E-state index contributed by atoms with van der Waals surface area (Å²) in [5.41, 5.74) is 0.725. The number of rotatable bonds is 3. The van der Waals surface area contributed by atoms with E-state index >= 15 is 0 Å². The van der Waals surface area contributed by atoms with Gasteiger partial charge in [0.2, 0.25) is 0 Å². The highest BCUT2D eigenvalue weighted by molar-refractivity contribution is 5.81. The predicted octanol–water partition coefficient (Wildman–Crippen LogP) is 0.742. The molecule has 1 aromatic rings. The van der Waals surface area contributed by atoms with Crippen LogP contribution in [0.4, 0.5) is 0 Å². The second kappa shape index (κ2) is 5.16. The molecular formula is C12H15NO4. The number of phenolic OH excluding ortho intramolecular Hbond substituents is 2. The zero-order chi connectivity index (χ0) is 12.3. The standard InChI is InChI=1S/C12H15NO4/c14-8-10-2-1-9(11(15)12(10)16)7-13-3-5-17-6-4-13/h1-2,8,15-16H,3-7H2. The Hall–Kier alpha value is -1.59. The van der Waals surface area contributed by atoms with Gasteiger partial charge in [-0.15, -0.1) is 0 Å². The van der Waals surface area contributed by atoms with Crippen LogP contribution in [0.15, 0.2) is 12.1 Å². The first kappa shape index (κ1) is 11.9. The Balaban J connectivity index is 2.15. The summed E-state index contributed by atoms with van der Waals surface area (Å²) in [4.78, 5) is 12.7. The lowest BCUT2D eigenvalue weighted by Crippen LogP contribution is -2.35. The van der Waals surface area contributed by atoms with E-state index in [0.717, 1.165) is 13.1 Å². The van der Waals surface area contributed by atoms with Crippen LogP contribution in [0.25, 0.3) is 0 Å². The Labute approximate surface area is 99.2 Å². The van der Waals surface area contributed by atoms with E-state index in [1.807, 2.05) is 0 Å². The predicted molar refractivity (Wildman–Crippen MR) is 61.3 cm³/mol. The van der Waals surface area contributed by atoms with Crippen molar-refractivity contribution in [1.29, 1.82) is 0 Å². The minimum Gasteiger partial charge on any atom is -0.504 e. The van der Waals surface area contributed by atoms with Crippen LogP contribution in [0.5, 0.6) is 11.5 Å². The Morgan fingerprint density at radius 1 is 1.24 bits per heavy atom. The van der Waals surface area contributed by atoms with Gasteiger partial charge in [-0.2, -0.15) is 0 Å². The van der Waals surface area contributed by atoms with Crippen LogP contribution in [0.2, 0.25) is 0 Å². The van der Waals surface area contributed by atoms with E-state index in [-0.39, 0.29) is 17.1 Å². The largest absolute Gasteiger partial charge is 0.504 e. The summed E-state index contributed by atoms with van der Waals surface area (Å²) in [5, 5.41) is 19.4. The van der Waals surface area contributed by atoms with Gasteiger partial charge in [-0.1, -0.05) is 6.07 Å². The number of morpholine rings is 1. The Morgan fingerprint density at radius 2 is 1.94 bits per heavy atom. The zero-order valence-electron chi connectivity index (χ0n) is 9.43. The molecule has 0 aliphatic carbocycles. The third-order valence-corrected chi connectivity index (χ3v) is 2.89. The first-order chi connectivity index (χ1) is 8.22. The van der Waals surface area contributed by atoms with Crippen molar-refractivity contribution in [1.82, 2.24) is 4.90 Å². The molecule has 0 aromatic heterocycles. The van der Waals surface area contributed by atoms with E-state index in [1.54, 1.807) is 6.07 Å². The first-order valence-electron chi connectivity index (χ1n) is 5.51. The number of carbonyl (C=O) groups is 1. The summed E-state index contributed by atoms with van der Waals surface area (Å²) < 4.78 is 5.23. The summed E-state index contributed by atoms with van der Waals surface area (Å²) in [6.07, 6.45) is 0.521. The van der Waals surface area contributed by atoms with Crippen LogP contribution in [-0.4, -0.2) is 47.7 Å². The summed E-state index contributed by atoms with van der Waals surface area (Å²) in [6, 6.07) is 3.17. The van der Waals surface area contributed by atoms with Crippen LogP contribution in [-0.2, 0) is 11.3 Å². The highest BCUT2D eigenvalue weighted by Crippen LogP contribution is 2.32. The molecule has 1 aliphatic heterocycles. The molecule has 1 aliphatic rings. The van der Waals surface area contributed by atoms with Crippen LogP contribution in [0, 0.1) is 0 Å². The van der Waals surface area contributed by atoms with Crippen molar-refractivity contribution in [3.05, 3.63) is 23.3 Å². The van der Waals surface area contributed by atoms with Gasteiger partial charge in [0.25, 0.3) is 0 Å². The summed E-state index contributed by atoms with van der Waals surface area (Å²) >= 11 is 0. The molecule has 0 unspecified atom stereocenters. The number of benzene rings is 1. The third-order valence-electron chi connectivity index (χ3n) is 2.89. The number of hydrogen-bond acceptors (Lipinski definition) is 5. The van der Waals surface area contributed by atoms with E-state index in [0.29, 0.717) is 31.6 Å². The van der Waals surface area contributed by atoms with Gasteiger partial charge >= 0.3 is 0 Å². The first-order valence-corrected chi connectivity index (χ1v) is 5.51. The van der Waals surface area contributed by atoms with Gasteiger partial charge in [0.1, 0.15) is 0 Å². The number of nitrogens with zero attached hydrogens (tertiary/aromatic N) is 1. The van der Waals surface area contributed by atoms with Gasteiger partial charge in [-0.05, 0) is 6.07 Å². The molecule has 0 bridgehead atoms. The summed E-state index contributed by atoms with van der Waals surface area (Å²) in [7, 11) is 0. The maximum absolute atomic E-state index is 10.6. The van der Waals surface area contributed by atoms with Gasteiger partial charge in [0, 0.05) is 25.2 Å². The van der Waals surface area contributed by atoms with Gasteiger partial charge in [-0.25, -0.2) is 0 Å². The monoisotopic (exact) mass is 237 g/mol. The normalized spacial score (nSPS) is 16.9. The molecule has 17 heavy (non-hydrogen) atoms. The van der Waals surface area contributed by atoms with Gasteiger partial charge in [0.15, 0.2) is 17.8 Å². The fraction of sp³-hybridized carbons (Fsp3) is 0.417. The lowest BCUT2D eigenvalue weighted by atomic mass is 10.1. The van der Waals surface area contributed by atoms with Gasteiger partial charge in [-0.3, -0.25) is 9.69 Å². The van der Waals surface area contributed by atoms with Crippen molar-refractivity contribution >= 4 is 6.29 Å². The van der Waals surface area contributed by atoms with Crippen molar-refractivity contribution in [3.8, 4) is 11.5 Å². The lowest BCUT2D eigenvalue weighted by Gasteiger charge is -2.26. The molecule has 0 amide bonds. The fourth-order valence-electron chi connectivity index (χ4n) is 1.86. The highest BCUT2D eigenvalue weighted by atomic mass is 16.5. The number of aromatic hydroxyl groups is 2. The van der Waals surface area contributed by atoms with E-state index in [4.69, 9.17) is 4.74 Å². The van der Waals surface area contributed by atoms with Crippen LogP contribution in [0.3, 0.4) is 0 Å². The lowest BCUT2D eigenvalue weighted by molar-refractivity contribution is 0.0338. The molecule has 0 radical (unpaired) electrons. The molecule has 2 N–H and O–H groups in total. The molecule has 1 saturated heterocycles. The van der Waals surface area contributed by atoms with Crippen LogP contribution in [0.1, 0.15) is 15.9 Å². The van der Waals surface area contributed by atoms with E-state index in [1.165, 1.54) is 6.07 Å². The number of carbonyl (C=O) groups excluding carboxylic acids is 1. The molecule has 1 heterocycles. The molecule has 5 heteroatoms. The SMILES string of the molecule is O=Cc1ccc(CN2CCOCC2)c(O)c1O. The van der Waals surface area contributed by atoms with Crippen molar-refractivity contribution in [2.45, 2.75) is 6.54 Å². The van der Waals surface area contributed by atoms with E-state index in [9.17, 15) is 15.0 Å². The molecule has 2 rings (SSSR count). The zero-order valence-corrected chi connectivity index (χ0v) is 9.43. The average Bonchev–Trinajstić information content (AvgIpc) is 2.37. The molecule has 1 fully saturated rings. The Bertz CT molecular complexity index is 413.